The SMILES string of the molecule is Cc1ccc(NC(=O)c2cccc(S(=O)(=O)NC3CC3)c2)cc1F. The summed E-state index contributed by atoms with van der Waals surface area (Å²) in [6.07, 6.45) is 1.66. The molecule has 1 aliphatic rings. The number of hydrogen-bond donors (Lipinski definition) is 2. The molecule has 5 nitrogen and oxygen atoms in total. The van der Waals surface area contributed by atoms with Crippen molar-refractivity contribution in [2.24, 2.45) is 0 Å². The van der Waals surface area contributed by atoms with Crippen LogP contribution in [-0.2, 0) is 10.0 Å². The lowest BCUT2D eigenvalue weighted by molar-refractivity contribution is 0.102. The summed E-state index contributed by atoms with van der Waals surface area (Å²) < 4.78 is 40.5. The van der Waals surface area contributed by atoms with Gasteiger partial charge in [0, 0.05) is 17.3 Å². The molecular weight excluding hydrogens is 331 g/mol. The van der Waals surface area contributed by atoms with Crippen molar-refractivity contribution < 1.29 is 17.6 Å². The molecule has 7 heteroatoms. The van der Waals surface area contributed by atoms with Gasteiger partial charge in [-0.1, -0.05) is 12.1 Å². The molecule has 2 aromatic carbocycles. The quantitative estimate of drug-likeness (QED) is 0.872. The zero-order valence-electron chi connectivity index (χ0n) is 13.0. The van der Waals surface area contributed by atoms with Crippen molar-refractivity contribution in [3.05, 3.63) is 59.4 Å². The van der Waals surface area contributed by atoms with E-state index < -0.39 is 21.7 Å². The zero-order chi connectivity index (χ0) is 17.3. The molecule has 0 aromatic heterocycles. The fourth-order valence-electron chi connectivity index (χ4n) is 2.17. The van der Waals surface area contributed by atoms with E-state index in [1.807, 2.05) is 0 Å². The minimum absolute atomic E-state index is 0.0111. The van der Waals surface area contributed by atoms with Gasteiger partial charge in [0.05, 0.1) is 4.90 Å². The van der Waals surface area contributed by atoms with E-state index in [4.69, 9.17) is 0 Å². The Morgan fingerprint density at radius 3 is 2.58 bits per heavy atom. The van der Waals surface area contributed by atoms with E-state index in [-0.39, 0.29) is 16.5 Å². The number of anilines is 1. The Kier molecular flexibility index (Phi) is 4.38. The van der Waals surface area contributed by atoms with Crippen LogP contribution in [0.1, 0.15) is 28.8 Å². The summed E-state index contributed by atoms with van der Waals surface area (Å²) in [4.78, 5) is 12.3. The molecule has 1 amide bonds. The third-order valence-electron chi connectivity index (χ3n) is 3.74. The van der Waals surface area contributed by atoms with Crippen molar-refractivity contribution in [1.82, 2.24) is 4.72 Å². The smallest absolute Gasteiger partial charge is 0.255 e. The third-order valence-corrected chi connectivity index (χ3v) is 5.25. The Morgan fingerprint density at radius 1 is 1.17 bits per heavy atom. The van der Waals surface area contributed by atoms with Crippen LogP contribution in [0.3, 0.4) is 0 Å². The van der Waals surface area contributed by atoms with E-state index in [2.05, 4.69) is 10.0 Å². The molecule has 1 aliphatic carbocycles. The van der Waals surface area contributed by atoms with Gasteiger partial charge in [-0.2, -0.15) is 0 Å². The maximum Gasteiger partial charge on any atom is 0.255 e. The number of hydrogen-bond acceptors (Lipinski definition) is 3. The van der Waals surface area contributed by atoms with Crippen molar-refractivity contribution in [2.45, 2.75) is 30.7 Å². The van der Waals surface area contributed by atoms with E-state index >= 15 is 0 Å². The first kappa shape index (κ1) is 16.6. The van der Waals surface area contributed by atoms with Crippen molar-refractivity contribution in [1.29, 1.82) is 0 Å². The third kappa shape index (κ3) is 3.80. The predicted octanol–water partition coefficient (Wildman–Crippen LogP) is 2.83. The van der Waals surface area contributed by atoms with Crippen LogP contribution in [0.25, 0.3) is 0 Å². The topological polar surface area (TPSA) is 75.3 Å². The maximum absolute atomic E-state index is 13.5. The molecule has 1 fully saturated rings. The Labute approximate surface area is 139 Å². The molecule has 126 valence electrons. The lowest BCUT2D eigenvalue weighted by atomic mass is 10.2. The number of nitrogens with one attached hydrogen (secondary N) is 2. The van der Waals surface area contributed by atoms with Crippen LogP contribution in [0.2, 0.25) is 0 Å². The summed E-state index contributed by atoms with van der Waals surface area (Å²) in [5.74, 6) is -0.917. The molecule has 0 saturated heterocycles. The molecule has 2 aromatic rings. The zero-order valence-corrected chi connectivity index (χ0v) is 13.9. The van der Waals surface area contributed by atoms with E-state index in [9.17, 15) is 17.6 Å². The number of aryl methyl sites for hydroxylation is 1. The number of amides is 1. The largest absolute Gasteiger partial charge is 0.322 e. The predicted molar refractivity (Wildman–Crippen MR) is 88.9 cm³/mol. The molecule has 0 aliphatic heterocycles. The van der Waals surface area contributed by atoms with Gasteiger partial charge in [-0.25, -0.2) is 17.5 Å². The average Bonchev–Trinajstić information content (AvgIpc) is 3.34. The number of carbonyl (C=O) groups is 1. The summed E-state index contributed by atoms with van der Waals surface area (Å²) in [6.45, 7) is 1.63. The highest BCUT2D eigenvalue weighted by Crippen LogP contribution is 2.23. The Bertz CT molecular complexity index is 892. The second-order valence-electron chi connectivity index (χ2n) is 5.84. The van der Waals surface area contributed by atoms with Gasteiger partial charge in [-0.15, -0.1) is 0 Å². The normalized spacial score (nSPS) is 14.4. The van der Waals surface area contributed by atoms with Gasteiger partial charge in [0.2, 0.25) is 10.0 Å². The number of carbonyl (C=O) groups excluding carboxylic acids is 1. The minimum Gasteiger partial charge on any atom is -0.322 e. The first-order valence-electron chi connectivity index (χ1n) is 7.55. The molecule has 0 bridgehead atoms. The van der Waals surface area contributed by atoms with E-state index in [0.29, 0.717) is 11.3 Å². The summed E-state index contributed by atoms with van der Waals surface area (Å²) in [5, 5.41) is 2.56. The van der Waals surface area contributed by atoms with E-state index in [1.54, 1.807) is 19.1 Å². The lowest BCUT2D eigenvalue weighted by Crippen LogP contribution is -2.26. The molecule has 24 heavy (non-hydrogen) atoms. The number of rotatable bonds is 5. The molecule has 0 radical (unpaired) electrons. The van der Waals surface area contributed by atoms with E-state index in [0.717, 1.165) is 12.8 Å². The summed E-state index contributed by atoms with van der Waals surface area (Å²) in [5.41, 5.74) is 0.981. The first-order valence-corrected chi connectivity index (χ1v) is 9.03. The van der Waals surface area contributed by atoms with Crippen molar-refractivity contribution in [2.75, 3.05) is 5.32 Å². The highest BCUT2D eigenvalue weighted by Gasteiger charge is 2.28. The number of benzene rings is 2. The first-order chi connectivity index (χ1) is 11.3. The van der Waals surface area contributed by atoms with Gasteiger partial charge >= 0.3 is 0 Å². The van der Waals surface area contributed by atoms with Crippen LogP contribution < -0.4 is 10.0 Å². The van der Waals surface area contributed by atoms with Crippen molar-refractivity contribution in [3.63, 3.8) is 0 Å². The Hall–Kier alpha value is -2.25. The van der Waals surface area contributed by atoms with Crippen LogP contribution in [0.4, 0.5) is 10.1 Å². The molecule has 1 saturated carbocycles. The van der Waals surface area contributed by atoms with E-state index in [1.165, 1.54) is 30.3 Å². The van der Waals surface area contributed by atoms with Gasteiger partial charge in [0.15, 0.2) is 0 Å². The lowest BCUT2D eigenvalue weighted by Gasteiger charge is -2.09. The molecule has 0 spiro atoms. The average molecular weight is 348 g/mol. The van der Waals surface area contributed by atoms with Gasteiger partial charge in [0.25, 0.3) is 5.91 Å². The molecule has 0 heterocycles. The highest BCUT2D eigenvalue weighted by atomic mass is 32.2. The monoisotopic (exact) mass is 348 g/mol. The van der Waals surface area contributed by atoms with Crippen LogP contribution in [0.15, 0.2) is 47.4 Å². The van der Waals surface area contributed by atoms with Gasteiger partial charge in [-0.05, 0) is 55.7 Å². The second kappa shape index (κ2) is 6.33. The Morgan fingerprint density at radius 2 is 1.92 bits per heavy atom. The standard InChI is InChI=1S/C17H17FN2O3S/c1-11-5-6-14(10-16(11)18)19-17(21)12-3-2-4-15(9-12)24(22,23)20-13-7-8-13/h2-6,9-10,13,20H,7-8H2,1H3,(H,19,21). The van der Waals surface area contributed by atoms with Crippen LogP contribution in [0.5, 0.6) is 0 Å². The molecule has 2 N–H and O–H groups in total. The Balaban J connectivity index is 1.80. The fraction of sp³-hybridized carbons (Fsp3) is 0.235. The van der Waals surface area contributed by atoms with Crippen molar-refractivity contribution >= 4 is 21.6 Å². The molecule has 3 rings (SSSR count). The molecule has 0 unspecified atom stereocenters. The summed E-state index contributed by atoms with van der Waals surface area (Å²) in [6, 6.07) is 10.1. The van der Waals surface area contributed by atoms with Gasteiger partial charge in [-0.3, -0.25) is 4.79 Å². The van der Waals surface area contributed by atoms with Crippen molar-refractivity contribution in [3.8, 4) is 0 Å². The van der Waals surface area contributed by atoms with Crippen LogP contribution in [0, 0.1) is 12.7 Å². The number of sulfonamides is 1. The highest BCUT2D eigenvalue weighted by molar-refractivity contribution is 7.89. The number of halogens is 1. The van der Waals surface area contributed by atoms with Crippen LogP contribution >= 0.6 is 0 Å². The van der Waals surface area contributed by atoms with Crippen LogP contribution in [-0.4, -0.2) is 20.4 Å². The van der Waals surface area contributed by atoms with Gasteiger partial charge < -0.3 is 5.32 Å². The molecule has 0 atom stereocenters. The summed E-state index contributed by atoms with van der Waals surface area (Å²) >= 11 is 0. The second-order valence-corrected chi connectivity index (χ2v) is 7.56. The molecular formula is C17H17FN2O3S. The summed E-state index contributed by atoms with van der Waals surface area (Å²) in [7, 11) is -3.63. The maximum atomic E-state index is 13.5. The van der Waals surface area contributed by atoms with Gasteiger partial charge in [0.1, 0.15) is 5.82 Å². The fourth-order valence-corrected chi connectivity index (χ4v) is 3.52. The minimum atomic E-state index is -3.63.